The number of esters is 1. The molecule has 112 valence electrons. The zero-order valence-electron chi connectivity index (χ0n) is 11.4. The molecule has 0 bridgehead atoms. The third kappa shape index (κ3) is 5.69. The molecule has 0 aliphatic rings. The van der Waals surface area contributed by atoms with Gasteiger partial charge in [-0.1, -0.05) is 33.0 Å². The fourth-order valence-electron chi connectivity index (χ4n) is 1.81. The number of thioether (sulfide) groups is 1. The number of carbonyl (C=O) groups excluding carboxylic acids is 1. The second kappa shape index (κ2) is 8.09. The molecule has 0 fully saturated rings. The number of ether oxygens (including phenoxy) is 1. The van der Waals surface area contributed by atoms with Crippen LogP contribution < -0.4 is 0 Å². The van der Waals surface area contributed by atoms with Crippen molar-refractivity contribution in [3.05, 3.63) is 0 Å². The molecular formula is C12H19F3O2S2. The Bertz CT molecular complexity index is 299. The first-order valence-corrected chi connectivity index (χ1v) is 7.46. The van der Waals surface area contributed by atoms with Crippen molar-refractivity contribution in [2.75, 3.05) is 12.4 Å². The Balaban J connectivity index is 5.40. The molecule has 2 atom stereocenters. The van der Waals surface area contributed by atoms with E-state index >= 15 is 0 Å². The number of thiocarbonyl (C=S) groups is 1. The van der Waals surface area contributed by atoms with Crippen LogP contribution in [0.25, 0.3) is 0 Å². The van der Waals surface area contributed by atoms with Crippen LogP contribution >= 0.6 is 24.0 Å². The molecule has 7 heteroatoms. The van der Waals surface area contributed by atoms with Gasteiger partial charge in [0.15, 0.2) is 0 Å². The average Bonchev–Trinajstić information content (AvgIpc) is 2.23. The van der Waals surface area contributed by atoms with Gasteiger partial charge in [-0.05, 0) is 18.6 Å². The Labute approximate surface area is 121 Å². The van der Waals surface area contributed by atoms with Crippen molar-refractivity contribution in [1.29, 1.82) is 0 Å². The summed E-state index contributed by atoms with van der Waals surface area (Å²) < 4.78 is 44.2. The molecule has 2 nitrogen and oxygen atoms in total. The van der Waals surface area contributed by atoms with Gasteiger partial charge in [-0.25, -0.2) is 0 Å². The lowest BCUT2D eigenvalue weighted by Crippen LogP contribution is -2.42. The van der Waals surface area contributed by atoms with Gasteiger partial charge in [-0.3, -0.25) is 4.79 Å². The lowest BCUT2D eigenvalue weighted by Gasteiger charge is -2.30. The van der Waals surface area contributed by atoms with Crippen LogP contribution in [0.3, 0.4) is 0 Å². The molecule has 0 rings (SSSR count). The predicted molar refractivity (Wildman–Crippen MR) is 75.2 cm³/mol. The zero-order chi connectivity index (χ0) is 15.2. The van der Waals surface area contributed by atoms with Gasteiger partial charge in [0.25, 0.3) is 0 Å². The van der Waals surface area contributed by atoms with E-state index < -0.39 is 29.9 Å². The van der Waals surface area contributed by atoms with Gasteiger partial charge in [0.1, 0.15) is 5.92 Å². The fraction of sp³-hybridized carbons (Fsp3) is 0.833. The number of alkyl halides is 3. The summed E-state index contributed by atoms with van der Waals surface area (Å²) in [7, 11) is 0. The third-order valence-corrected chi connectivity index (χ3v) is 3.97. The first-order valence-electron chi connectivity index (χ1n) is 6.06. The van der Waals surface area contributed by atoms with Crippen LogP contribution in [0.4, 0.5) is 13.2 Å². The van der Waals surface area contributed by atoms with Gasteiger partial charge in [-0.2, -0.15) is 13.2 Å². The number of carbonyl (C=O) groups is 1. The van der Waals surface area contributed by atoms with Crippen LogP contribution in [0.5, 0.6) is 0 Å². The van der Waals surface area contributed by atoms with E-state index in [2.05, 4.69) is 0 Å². The molecular weight excluding hydrogens is 297 g/mol. The van der Waals surface area contributed by atoms with Crippen molar-refractivity contribution >= 4 is 34.1 Å². The number of halogens is 3. The number of hydrogen-bond acceptors (Lipinski definition) is 4. The minimum atomic E-state index is -4.48. The largest absolute Gasteiger partial charge is 0.465 e. The van der Waals surface area contributed by atoms with Gasteiger partial charge in [-0.15, -0.1) is 11.8 Å². The summed E-state index contributed by atoms with van der Waals surface area (Å²) >= 11 is 6.08. The third-order valence-electron chi connectivity index (χ3n) is 2.54. The molecule has 0 radical (unpaired) electrons. The molecule has 0 amide bonds. The van der Waals surface area contributed by atoms with Crippen molar-refractivity contribution in [3.63, 3.8) is 0 Å². The van der Waals surface area contributed by atoms with Crippen molar-refractivity contribution in [2.45, 2.75) is 33.9 Å². The van der Waals surface area contributed by atoms with Crippen LogP contribution in [-0.4, -0.2) is 28.7 Å². The van der Waals surface area contributed by atoms with E-state index in [0.29, 0.717) is 5.75 Å². The monoisotopic (exact) mass is 316 g/mol. The summed E-state index contributed by atoms with van der Waals surface area (Å²) in [6.07, 6.45) is -4.48. The smallest absolute Gasteiger partial charge is 0.393 e. The van der Waals surface area contributed by atoms with Crippen LogP contribution in [-0.2, 0) is 9.53 Å². The van der Waals surface area contributed by atoms with Crippen LogP contribution in [0.1, 0.15) is 27.7 Å². The lowest BCUT2D eigenvalue weighted by atomic mass is 9.83. The van der Waals surface area contributed by atoms with Crippen molar-refractivity contribution in [1.82, 2.24) is 0 Å². The van der Waals surface area contributed by atoms with Gasteiger partial charge < -0.3 is 4.74 Å². The second-order valence-electron chi connectivity index (χ2n) is 4.29. The molecule has 0 saturated carbocycles. The maximum Gasteiger partial charge on any atom is 0.393 e. The number of rotatable bonds is 6. The van der Waals surface area contributed by atoms with E-state index in [-0.39, 0.29) is 10.8 Å². The molecule has 0 saturated heterocycles. The molecule has 0 aromatic heterocycles. The molecule has 0 aromatic carbocycles. The van der Waals surface area contributed by atoms with Crippen LogP contribution in [0.2, 0.25) is 0 Å². The summed E-state index contributed by atoms with van der Waals surface area (Å²) in [5.41, 5.74) is 0. The van der Waals surface area contributed by atoms with E-state index in [1.54, 1.807) is 13.8 Å². The Hall–Kier alpha value is -0.300. The normalized spacial score (nSPS) is 15.2. The lowest BCUT2D eigenvalue weighted by molar-refractivity contribution is -0.201. The summed E-state index contributed by atoms with van der Waals surface area (Å²) in [5.74, 6) is -4.33. The predicted octanol–water partition coefficient (Wildman–Crippen LogP) is 4.08. The van der Waals surface area contributed by atoms with Crippen LogP contribution in [0, 0.1) is 17.8 Å². The Morgan fingerprint density at radius 2 is 1.84 bits per heavy atom. The van der Waals surface area contributed by atoms with Crippen LogP contribution in [0.15, 0.2) is 0 Å². The van der Waals surface area contributed by atoms with Gasteiger partial charge >= 0.3 is 12.1 Å². The fourth-order valence-corrected chi connectivity index (χ4v) is 3.11. The Morgan fingerprint density at radius 1 is 1.32 bits per heavy atom. The summed E-state index contributed by atoms with van der Waals surface area (Å²) in [6.45, 7) is 6.24. The molecule has 0 aromatic rings. The standard InChI is InChI=1S/C12H19F3O2S2/c1-5-17-10(16)8(11(18)19-6-2)9(7(3)4)12(13,14)15/h7-9H,5-6H2,1-4H3/t8-,9+/m0/s1. The zero-order valence-corrected chi connectivity index (χ0v) is 13.0. The van der Waals surface area contributed by atoms with E-state index in [4.69, 9.17) is 17.0 Å². The number of hydrogen-bond donors (Lipinski definition) is 0. The van der Waals surface area contributed by atoms with Gasteiger partial charge in [0, 0.05) is 0 Å². The highest BCUT2D eigenvalue weighted by molar-refractivity contribution is 8.23. The topological polar surface area (TPSA) is 26.3 Å². The van der Waals surface area contributed by atoms with E-state index in [1.165, 1.54) is 13.8 Å². The molecule has 19 heavy (non-hydrogen) atoms. The second-order valence-corrected chi connectivity index (χ2v) is 6.30. The van der Waals surface area contributed by atoms with E-state index in [9.17, 15) is 18.0 Å². The SMILES string of the molecule is CCOC(=O)[C@@H](C(=S)SCC)[C@@H](C(C)C)C(F)(F)F. The molecule has 0 N–H and O–H groups in total. The molecule has 0 aliphatic heterocycles. The van der Waals surface area contributed by atoms with Gasteiger partial charge in [0.05, 0.1) is 16.7 Å². The maximum atomic E-state index is 13.1. The molecule has 0 unspecified atom stereocenters. The summed E-state index contributed by atoms with van der Waals surface area (Å²) in [4.78, 5) is 11.8. The van der Waals surface area contributed by atoms with Crippen molar-refractivity contribution in [3.8, 4) is 0 Å². The minimum Gasteiger partial charge on any atom is -0.465 e. The first kappa shape index (κ1) is 18.7. The minimum absolute atomic E-state index is 0.0391. The molecule has 0 spiro atoms. The van der Waals surface area contributed by atoms with Gasteiger partial charge in [0.2, 0.25) is 0 Å². The Morgan fingerprint density at radius 3 is 2.16 bits per heavy atom. The van der Waals surface area contributed by atoms with Crippen molar-refractivity contribution in [2.24, 2.45) is 17.8 Å². The highest BCUT2D eigenvalue weighted by Gasteiger charge is 2.51. The quantitative estimate of drug-likeness (QED) is 0.545. The Kier molecular flexibility index (Phi) is 7.96. The average molecular weight is 316 g/mol. The first-order chi connectivity index (χ1) is 8.66. The molecule has 0 heterocycles. The van der Waals surface area contributed by atoms with E-state index in [1.807, 2.05) is 0 Å². The maximum absolute atomic E-state index is 13.1. The highest BCUT2D eigenvalue weighted by atomic mass is 32.2. The highest BCUT2D eigenvalue weighted by Crippen LogP contribution is 2.40. The summed E-state index contributed by atoms with van der Waals surface area (Å²) in [5, 5.41) is 0. The molecule has 0 aliphatic carbocycles. The summed E-state index contributed by atoms with van der Waals surface area (Å²) in [6, 6.07) is 0. The van der Waals surface area contributed by atoms with Crippen molar-refractivity contribution < 1.29 is 22.7 Å². The van der Waals surface area contributed by atoms with E-state index in [0.717, 1.165) is 11.8 Å².